The Labute approximate surface area is 93.2 Å². The van der Waals surface area contributed by atoms with Gasteiger partial charge in [0.25, 0.3) is 0 Å². The number of pyridine rings is 1. The fourth-order valence-electron chi connectivity index (χ4n) is 1.51. The standard InChI is InChI=1S/C11H13N3S/c1-11(2,3)9-4-5-12-6-8(9)10-14-13-7-15-10/h4-7H,1-3H3. The SMILES string of the molecule is CC(C)(C)c1ccncc1-c1nncs1. The van der Waals surface area contributed by atoms with Gasteiger partial charge in [-0.25, -0.2) is 0 Å². The van der Waals surface area contributed by atoms with Crippen molar-refractivity contribution >= 4 is 11.3 Å². The van der Waals surface area contributed by atoms with Crippen molar-refractivity contribution in [3.8, 4) is 10.6 Å². The summed E-state index contributed by atoms with van der Waals surface area (Å²) >= 11 is 1.54. The number of hydrogen-bond acceptors (Lipinski definition) is 4. The van der Waals surface area contributed by atoms with Gasteiger partial charge in [-0.1, -0.05) is 32.1 Å². The summed E-state index contributed by atoms with van der Waals surface area (Å²) in [4.78, 5) is 4.15. The summed E-state index contributed by atoms with van der Waals surface area (Å²) in [6.45, 7) is 6.56. The van der Waals surface area contributed by atoms with Crippen molar-refractivity contribution in [3.63, 3.8) is 0 Å². The molecule has 0 radical (unpaired) electrons. The summed E-state index contributed by atoms with van der Waals surface area (Å²) in [6.07, 6.45) is 3.69. The van der Waals surface area contributed by atoms with Gasteiger partial charge >= 0.3 is 0 Å². The van der Waals surface area contributed by atoms with E-state index in [0.717, 1.165) is 10.6 Å². The fraction of sp³-hybridized carbons (Fsp3) is 0.364. The molecule has 0 aromatic carbocycles. The zero-order valence-corrected chi connectivity index (χ0v) is 9.88. The van der Waals surface area contributed by atoms with Crippen LogP contribution in [0, 0.1) is 0 Å². The zero-order valence-electron chi connectivity index (χ0n) is 9.06. The molecular weight excluding hydrogens is 206 g/mol. The predicted molar refractivity (Wildman–Crippen MR) is 61.8 cm³/mol. The van der Waals surface area contributed by atoms with Crippen LogP contribution in [0.15, 0.2) is 24.0 Å². The van der Waals surface area contributed by atoms with E-state index in [0.29, 0.717) is 0 Å². The van der Waals surface area contributed by atoms with Gasteiger partial charge in [-0.15, -0.1) is 10.2 Å². The molecule has 0 bridgehead atoms. The maximum absolute atomic E-state index is 4.15. The van der Waals surface area contributed by atoms with Crippen molar-refractivity contribution in [2.24, 2.45) is 0 Å². The van der Waals surface area contributed by atoms with E-state index in [-0.39, 0.29) is 5.41 Å². The molecule has 0 aliphatic carbocycles. The van der Waals surface area contributed by atoms with Crippen molar-refractivity contribution in [2.75, 3.05) is 0 Å². The Hall–Kier alpha value is -1.29. The summed E-state index contributed by atoms with van der Waals surface area (Å²) in [5.74, 6) is 0. The van der Waals surface area contributed by atoms with Crippen LogP contribution >= 0.6 is 11.3 Å². The summed E-state index contributed by atoms with van der Waals surface area (Å²) in [5.41, 5.74) is 4.19. The molecule has 4 heteroatoms. The molecule has 2 aromatic rings. The molecule has 0 unspecified atom stereocenters. The lowest BCUT2D eigenvalue weighted by Gasteiger charge is -2.21. The first-order valence-corrected chi connectivity index (χ1v) is 5.68. The van der Waals surface area contributed by atoms with Gasteiger partial charge in [-0.3, -0.25) is 4.98 Å². The second kappa shape index (κ2) is 3.70. The molecule has 2 heterocycles. The Balaban J connectivity index is 2.58. The van der Waals surface area contributed by atoms with Crippen molar-refractivity contribution < 1.29 is 0 Å². The van der Waals surface area contributed by atoms with E-state index in [1.54, 1.807) is 16.8 Å². The number of hydrogen-bond donors (Lipinski definition) is 0. The molecule has 0 spiro atoms. The third kappa shape index (κ3) is 2.04. The number of nitrogens with zero attached hydrogens (tertiary/aromatic N) is 3. The second-order valence-electron chi connectivity index (χ2n) is 4.42. The Morgan fingerprint density at radius 3 is 2.67 bits per heavy atom. The maximum atomic E-state index is 4.15. The molecule has 0 atom stereocenters. The molecule has 3 nitrogen and oxygen atoms in total. The third-order valence-corrected chi connectivity index (χ3v) is 2.94. The van der Waals surface area contributed by atoms with Gasteiger partial charge in [0.2, 0.25) is 0 Å². The lowest BCUT2D eigenvalue weighted by molar-refractivity contribution is 0.591. The first-order valence-electron chi connectivity index (χ1n) is 4.80. The van der Waals surface area contributed by atoms with Gasteiger partial charge in [-0.05, 0) is 17.0 Å². The Bertz CT molecular complexity index is 443. The molecule has 2 aromatic heterocycles. The van der Waals surface area contributed by atoms with E-state index < -0.39 is 0 Å². The van der Waals surface area contributed by atoms with Crippen LogP contribution in [0.5, 0.6) is 0 Å². The minimum absolute atomic E-state index is 0.101. The average molecular weight is 219 g/mol. The monoisotopic (exact) mass is 219 g/mol. The molecule has 15 heavy (non-hydrogen) atoms. The van der Waals surface area contributed by atoms with Crippen LogP contribution in [0.2, 0.25) is 0 Å². The normalized spacial score (nSPS) is 11.7. The molecule has 0 amide bonds. The summed E-state index contributed by atoms with van der Waals surface area (Å²) < 4.78 is 0. The van der Waals surface area contributed by atoms with Crippen molar-refractivity contribution in [1.82, 2.24) is 15.2 Å². The number of rotatable bonds is 1. The Morgan fingerprint density at radius 2 is 2.07 bits per heavy atom. The van der Waals surface area contributed by atoms with Crippen molar-refractivity contribution in [3.05, 3.63) is 29.5 Å². The Morgan fingerprint density at radius 1 is 1.27 bits per heavy atom. The van der Waals surface area contributed by atoms with Crippen LogP contribution in [0.4, 0.5) is 0 Å². The first kappa shape index (κ1) is 10.2. The van der Waals surface area contributed by atoms with Crippen LogP contribution in [-0.2, 0) is 5.41 Å². The largest absolute Gasteiger partial charge is 0.264 e. The van der Waals surface area contributed by atoms with Gasteiger partial charge in [0.1, 0.15) is 10.5 Å². The van der Waals surface area contributed by atoms with E-state index in [4.69, 9.17) is 0 Å². The molecular formula is C11H13N3S. The van der Waals surface area contributed by atoms with Gasteiger partial charge in [0.05, 0.1) is 0 Å². The second-order valence-corrected chi connectivity index (χ2v) is 5.25. The summed E-state index contributed by atoms with van der Waals surface area (Å²) in [7, 11) is 0. The molecule has 0 fully saturated rings. The highest BCUT2D eigenvalue weighted by atomic mass is 32.1. The first-order chi connectivity index (χ1) is 7.09. The van der Waals surface area contributed by atoms with E-state index in [2.05, 4.69) is 42.0 Å². The maximum Gasteiger partial charge on any atom is 0.149 e. The molecule has 0 saturated carbocycles. The third-order valence-electron chi connectivity index (χ3n) is 2.22. The van der Waals surface area contributed by atoms with Crippen LogP contribution in [0.3, 0.4) is 0 Å². The molecule has 0 aliphatic heterocycles. The highest BCUT2D eigenvalue weighted by Crippen LogP contribution is 2.32. The fourth-order valence-corrected chi connectivity index (χ4v) is 2.09. The predicted octanol–water partition coefficient (Wildman–Crippen LogP) is 2.90. The summed E-state index contributed by atoms with van der Waals surface area (Å²) in [6, 6.07) is 2.05. The zero-order chi connectivity index (χ0) is 10.9. The lowest BCUT2D eigenvalue weighted by atomic mass is 9.85. The van der Waals surface area contributed by atoms with Gasteiger partial charge in [-0.2, -0.15) is 0 Å². The van der Waals surface area contributed by atoms with Crippen LogP contribution in [-0.4, -0.2) is 15.2 Å². The average Bonchev–Trinajstić information content (AvgIpc) is 2.69. The van der Waals surface area contributed by atoms with Gasteiger partial charge < -0.3 is 0 Å². The van der Waals surface area contributed by atoms with Gasteiger partial charge in [0, 0.05) is 18.0 Å². The summed E-state index contributed by atoms with van der Waals surface area (Å²) in [5, 5.41) is 8.89. The van der Waals surface area contributed by atoms with Crippen LogP contribution < -0.4 is 0 Å². The van der Waals surface area contributed by atoms with E-state index >= 15 is 0 Å². The minimum atomic E-state index is 0.101. The van der Waals surface area contributed by atoms with Crippen LogP contribution in [0.1, 0.15) is 26.3 Å². The van der Waals surface area contributed by atoms with Crippen LogP contribution in [0.25, 0.3) is 10.6 Å². The van der Waals surface area contributed by atoms with E-state index in [9.17, 15) is 0 Å². The molecule has 0 aliphatic rings. The quantitative estimate of drug-likeness (QED) is 0.740. The topological polar surface area (TPSA) is 38.7 Å². The molecule has 0 saturated heterocycles. The Kier molecular flexibility index (Phi) is 2.52. The van der Waals surface area contributed by atoms with Gasteiger partial charge in [0.15, 0.2) is 0 Å². The highest BCUT2D eigenvalue weighted by Gasteiger charge is 2.19. The van der Waals surface area contributed by atoms with E-state index in [1.165, 1.54) is 5.56 Å². The molecule has 2 rings (SSSR count). The molecule has 78 valence electrons. The smallest absolute Gasteiger partial charge is 0.149 e. The van der Waals surface area contributed by atoms with E-state index in [1.807, 2.05) is 12.4 Å². The minimum Gasteiger partial charge on any atom is -0.264 e. The van der Waals surface area contributed by atoms with Crippen molar-refractivity contribution in [2.45, 2.75) is 26.2 Å². The van der Waals surface area contributed by atoms with Crippen molar-refractivity contribution in [1.29, 1.82) is 0 Å². The molecule has 0 N–H and O–H groups in total. The highest BCUT2D eigenvalue weighted by molar-refractivity contribution is 7.12. The number of aromatic nitrogens is 3. The lowest BCUT2D eigenvalue weighted by Crippen LogP contribution is -2.12.